The fourth-order valence-corrected chi connectivity index (χ4v) is 2.12. The quantitative estimate of drug-likeness (QED) is 0.681. The first kappa shape index (κ1) is 13.5. The van der Waals surface area contributed by atoms with Crippen LogP contribution in [0.5, 0.6) is 0 Å². The summed E-state index contributed by atoms with van der Waals surface area (Å²) in [7, 11) is 1.45. The Morgan fingerprint density at radius 3 is 2.81 bits per heavy atom. The summed E-state index contributed by atoms with van der Waals surface area (Å²) in [6, 6.07) is 0.428. The van der Waals surface area contributed by atoms with Crippen molar-refractivity contribution >= 4 is 5.97 Å². The molecular weight excluding hydrogens is 206 g/mol. The number of morpholine rings is 1. The number of esters is 1. The molecule has 0 radical (unpaired) electrons. The summed E-state index contributed by atoms with van der Waals surface area (Å²) in [4.78, 5) is 14.0. The predicted octanol–water partition coefficient (Wildman–Crippen LogP) is 1.30. The summed E-state index contributed by atoms with van der Waals surface area (Å²) in [6.45, 7) is 9.18. The smallest absolute Gasteiger partial charge is 0.312 e. The number of hydrogen-bond donors (Lipinski definition) is 0. The van der Waals surface area contributed by atoms with Gasteiger partial charge in [0.05, 0.1) is 25.7 Å². The van der Waals surface area contributed by atoms with Crippen molar-refractivity contribution in [2.24, 2.45) is 5.41 Å². The van der Waals surface area contributed by atoms with Crippen LogP contribution in [0.15, 0.2) is 0 Å². The third-order valence-corrected chi connectivity index (χ3v) is 3.16. The van der Waals surface area contributed by atoms with E-state index in [0.717, 1.165) is 32.7 Å². The van der Waals surface area contributed by atoms with Crippen molar-refractivity contribution < 1.29 is 14.3 Å². The molecule has 0 aromatic rings. The van der Waals surface area contributed by atoms with E-state index in [0.29, 0.717) is 6.04 Å². The maximum atomic E-state index is 11.6. The summed E-state index contributed by atoms with van der Waals surface area (Å²) in [5.74, 6) is -0.145. The molecule has 0 aromatic heterocycles. The van der Waals surface area contributed by atoms with E-state index >= 15 is 0 Å². The lowest BCUT2D eigenvalue weighted by atomic mass is 9.92. The maximum Gasteiger partial charge on any atom is 0.312 e. The molecule has 4 nitrogen and oxygen atoms in total. The molecule has 94 valence electrons. The zero-order valence-electron chi connectivity index (χ0n) is 10.8. The summed E-state index contributed by atoms with van der Waals surface area (Å²) < 4.78 is 10.3. The summed E-state index contributed by atoms with van der Waals surface area (Å²) in [6.07, 6.45) is 1.05. The Bertz CT molecular complexity index is 240. The molecular formula is C12H23NO3. The second-order valence-electron chi connectivity index (χ2n) is 4.98. The van der Waals surface area contributed by atoms with Gasteiger partial charge in [0.25, 0.3) is 0 Å². The molecule has 1 rings (SSSR count). The standard InChI is InChI=1S/C12H23NO3/c1-5-10-8-16-7-6-13(10)9-12(2,3)11(14)15-4/h10H,5-9H2,1-4H3. The van der Waals surface area contributed by atoms with Gasteiger partial charge in [-0.1, -0.05) is 6.92 Å². The van der Waals surface area contributed by atoms with Gasteiger partial charge in [0, 0.05) is 19.1 Å². The molecule has 1 saturated heterocycles. The number of rotatable bonds is 4. The maximum absolute atomic E-state index is 11.6. The first-order chi connectivity index (χ1) is 7.51. The van der Waals surface area contributed by atoms with Crippen LogP contribution in [0.2, 0.25) is 0 Å². The number of nitrogens with zero attached hydrogens (tertiary/aromatic N) is 1. The summed E-state index contributed by atoms with van der Waals surface area (Å²) in [5, 5.41) is 0. The largest absolute Gasteiger partial charge is 0.469 e. The molecule has 0 N–H and O–H groups in total. The fourth-order valence-electron chi connectivity index (χ4n) is 2.12. The van der Waals surface area contributed by atoms with E-state index in [4.69, 9.17) is 9.47 Å². The van der Waals surface area contributed by atoms with Crippen molar-refractivity contribution in [1.82, 2.24) is 4.90 Å². The summed E-state index contributed by atoms with van der Waals surface area (Å²) >= 11 is 0. The highest BCUT2D eigenvalue weighted by Gasteiger charge is 2.34. The minimum absolute atomic E-state index is 0.145. The second kappa shape index (κ2) is 5.64. The summed E-state index contributed by atoms with van der Waals surface area (Å²) in [5.41, 5.74) is -0.445. The molecule has 0 amide bonds. The van der Waals surface area contributed by atoms with E-state index < -0.39 is 5.41 Å². The molecule has 1 unspecified atom stereocenters. The zero-order chi connectivity index (χ0) is 12.2. The van der Waals surface area contributed by atoms with Gasteiger partial charge < -0.3 is 9.47 Å². The van der Waals surface area contributed by atoms with Crippen LogP contribution in [0, 0.1) is 5.41 Å². The molecule has 0 aliphatic carbocycles. The van der Waals surface area contributed by atoms with E-state index in [1.165, 1.54) is 7.11 Å². The van der Waals surface area contributed by atoms with Gasteiger partial charge in [-0.05, 0) is 20.3 Å². The van der Waals surface area contributed by atoms with Gasteiger partial charge in [-0.25, -0.2) is 0 Å². The van der Waals surface area contributed by atoms with E-state index in [9.17, 15) is 4.79 Å². The van der Waals surface area contributed by atoms with Crippen molar-refractivity contribution in [3.63, 3.8) is 0 Å². The number of carbonyl (C=O) groups is 1. The monoisotopic (exact) mass is 229 g/mol. The predicted molar refractivity (Wildman–Crippen MR) is 62.3 cm³/mol. The SMILES string of the molecule is CCC1COCCN1CC(C)(C)C(=O)OC. The van der Waals surface area contributed by atoms with Crippen molar-refractivity contribution in [3.8, 4) is 0 Å². The number of methoxy groups -OCH3 is 1. The van der Waals surface area contributed by atoms with E-state index in [2.05, 4.69) is 11.8 Å². The van der Waals surface area contributed by atoms with Gasteiger partial charge in [-0.3, -0.25) is 9.69 Å². The molecule has 1 aliphatic heterocycles. The van der Waals surface area contributed by atoms with Crippen LogP contribution >= 0.6 is 0 Å². The average molecular weight is 229 g/mol. The molecule has 1 fully saturated rings. The minimum atomic E-state index is -0.445. The molecule has 0 saturated carbocycles. The van der Waals surface area contributed by atoms with Gasteiger partial charge in [0.2, 0.25) is 0 Å². The van der Waals surface area contributed by atoms with E-state index in [1.54, 1.807) is 0 Å². The number of ether oxygens (including phenoxy) is 2. The third-order valence-electron chi connectivity index (χ3n) is 3.16. The van der Waals surface area contributed by atoms with Gasteiger partial charge in [0.1, 0.15) is 0 Å². The Morgan fingerprint density at radius 1 is 1.56 bits per heavy atom. The normalized spacial score (nSPS) is 23.1. The Labute approximate surface area is 97.9 Å². The molecule has 0 bridgehead atoms. The van der Waals surface area contributed by atoms with Crippen molar-refractivity contribution in [2.75, 3.05) is 33.4 Å². The first-order valence-electron chi connectivity index (χ1n) is 5.91. The van der Waals surface area contributed by atoms with Crippen molar-refractivity contribution in [2.45, 2.75) is 33.2 Å². The number of carbonyl (C=O) groups excluding carboxylic acids is 1. The van der Waals surface area contributed by atoms with Gasteiger partial charge in [-0.15, -0.1) is 0 Å². The van der Waals surface area contributed by atoms with Gasteiger partial charge in [-0.2, -0.15) is 0 Å². The topological polar surface area (TPSA) is 38.8 Å². The van der Waals surface area contributed by atoms with Crippen molar-refractivity contribution in [3.05, 3.63) is 0 Å². The molecule has 1 atom stereocenters. The molecule has 16 heavy (non-hydrogen) atoms. The lowest BCUT2D eigenvalue weighted by molar-refractivity contribution is -0.153. The molecule has 4 heteroatoms. The highest BCUT2D eigenvalue weighted by Crippen LogP contribution is 2.22. The molecule has 0 spiro atoms. The highest BCUT2D eigenvalue weighted by molar-refractivity contribution is 5.76. The lowest BCUT2D eigenvalue weighted by Crippen LogP contribution is -2.50. The third kappa shape index (κ3) is 3.19. The number of hydrogen-bond acceptors (Lipinski definition) is 4. The average Bonchev–Trinajstić information content (AvgIpc) is 2.28. The van der Waals surface area contributed by atoms with Crippen LogP contribution < -0.4 is 0 Å². The Kier molecular flexibility index (Phi) is 4.74. The Morgan fingerprint density at radius 2 is 2.25 bits per heavy atom. The van der Waals surface area contributed by atoms with Crippen LogP contribution in [-0.4, -0.2) is 50.3 Å². The lowest BCUT2D eigenvalue weighted by Gasteiger charge is -2.39. The van der Waals surface area contributed by atoms with E-state index in [1.807, 2.05) is 13.8 Å². The van der Waals surface area contributed by atoms with Gasteiger partial charge in [0.15, 0.2) is 0 Å². The Hall–Kier alpha value is -0.610. The van der Waals surface area contributed by atoms with Gasteiger partial charge >= 0.3 is 5.97 Å². The highest BCUT2D eigenvalue weighted by atomic mass is 16.5. The van der Waals surface area contributed by atoms with E-state index in [-0.39, 0.29) is 5.97 Å². The van der Waals surface area contributed by atoms with Crippen LogP contribution in [0.25, 0.3) is 0 Å². The minimum Gasteiger partial charge on any atom is -0.469 e. The fraction of sp³-hybridized carbons (Fsp3) is 0.917. The van der Waals surface area contributed by atoms with Crippen LogP contribution in [0.3, 0.4) is 0 Å². The van der Waals surface area contributed by atoms with Crippen LogP contribution in [0.1, 0.15) is 27.2 Å². The first-order valence-corrected chi connectivity index (χ1v) is 5.91. The van der Waals surface area contributed by atoms with Crippen LogP contribution in [-0.2, 0) is 14.3 Å². The molecule has 0 aromatic carbocycles. The second-order valence-corrected chi connectivity index (χ2v) is 4.98. The molecule has 1 aliphatic rings. The zero-order valence-corrected chi connectivity index (χ0v) is 10.8. The van der Waals surface area contributed by atoms with Crippen molar-refractivity contribution in [1.29, 1.82) is 0 Å². The Balaban J connectivity index is 2.60. The van der Waals surface area contributed by atoms with Crippen LogP contribution in [0.4, 0.5) is 0 Å². The molecule has 1 heterocycles.